The highest BCUT2D eigenvalue weighted by Crippen LogP contribution is 2.02. The molecule has 0 aromatic carbocycles. The highest BCUT2D eigenvalue weighted by atomic mass is 32.2. The van der Waals surface area contributed by atoms with Crippen LogP contribution in [0.4, 0.5) is 0 Å². The molecule has 3 nitrogen and oxygen atoms in total. The van der Waals surface area contributed by atoms with Gasteiger partial charge in [-0.25, -0.2) is 4.79 Å². The number of carbonyl (C=O) groups is 1. The van der Waals surface area contributed by atoms with Crippen molar-refractivity contribution in [2.75, 3.05) is 31.7 Å². The van der Waals surface area contributed by atoms with Gasteiger partial charge in [-0.2, -0.15) is 11.8 Å². The monoisotopic (exact) mass is 231 g/mol. The molecule has 0 aliphatic heterocycles. The molecule has 0 heterocycles. The summed E-state index contributed by atoms with van der Waals surface area (Å²) in [6.45, 7) is 9.46. The Bertz CT molecular complexity index is 207. The maximum absolute atomic E-state index is 11.2. The molecule has 0 aliphatic rings. The van der Waals surface area contributed by atoms with E-state index >= 15 is 0 Å². The number of rotatable bonds is 8. The first-order chi connectivity index (χ1) is 7.11. The molecular formula is C11H21NO2S. The molecule has 0 bridgehead atoms. The SMILES string of the molecule is C=C(CNCC(C)CSC)C(=O)OCC. The van der Waals surface area contributed by atoms with E-state index in [4.69, 9.17) is 4.74 Å². The molecule has 0 amide bonds. The van der Waals surface area contributed by atoms with Crippen LogP contribution in [0, 0.1) is 5.92 Å². The molecule has 0 rings (SSSR count). The minimum atomic E-state index is -0.303. The van der Waals surface area contributed by atoms with Gasteiger partial charge in [-0.1, -0.05) is 13.5 Å². The summed E-state index contributed by atoms with van der Waals surface area (Å²) >= 11 is 1.83. The Morgan fingerprint density at radius 2 is 2.27 bits per heavy atom. The van der Waals surface area contributed by atoms with E-state index in [9.17, 15) is 4.79 Å². The number of thioether (sulfide) groups is 1. The van der Waals surface area contributed by atoms with Gasteiger partial charge in [0, 0.05) is 12.1 Å². The quantitative estimate of drug-likeness (QED) is 0.510. The van der Waals surface area contributed by atoms with Crippen molar-refractivity contribution in [2.45, 2.75) is 13.8 Å². The van der Waals surface area contributed by atoms with E-state index in [2.05, 4.69) is 25.1 Å². The molecule has 1 atom stereocenters. The number of carbonyl (C=O) groups excluding carboxylic acids is 1. The largest absolute Gasteiger partial charge is 0.463 e. The normalized spacial score (nSPS) is 12.2. The van der Waals surface area contributed by atoms with Gasteiger partial charge >= 0.3 is 5.97 Å². The van der Waals surface area contributed by atoms with Crippen LogP contribution in [-0.2, 0) is 9.53 Å². The Hall–Kier alpha value is -0.480. The summed E-state index contributed by atoms with van der Waals surface area (Å²) in [6.07, 6.45) is 2.09. The second-order valence-corrected chi connectivity index (χ2v) is 4.43. The van der Waals surface area contributed by atoms with Crippen molar-refractivity contribution in [3.63, 3.8) is 0 Å². The van der Waals surface area contributed by atoms with Gasteiger partial charge in [-0.3, -0.25) is 0 Å². The van der Waals surface area contributed by atoms with Gasteiger partial charge in [0.1, 0.15) is 0 Å². The molecule has 1 unspecified atom stereocenters. The number of esters is 1. The van der Waals surface area contributed by atoms with Crippen molar-refractivity contribution in [3.8, 4) is 0 Å². The molecule has 4 heteroatoms. The molecular weight excluding hydrogens is 210 g/mol. The molecule has 1 N–H and O–H groups in total. The van der Waals surface area contributed by atoms with Crippen LogP contribution in [0.1, 0.15) is 13.8 Å². The maximum Gasteiger partial charge on any atom is 0.334 e. The van der Waals surface area contributed by atoms with Crippen molar-refractivity contribution in [3.05, 3.63) is 12.2 Å². The molecule has 15 heavy (non-hydrogen) atoms. The zero-order valence-corrected chi connectivity index (χ0v) is 10.7. The predicted octanol–water partition coefficient (Wildman–Crippen LogP) is 1.69. The highest BCUT2D eigenvalue weighted by molar-refractivity contribution is 7.98. The standard InChI is InChI=1S/C11H21NO2S/c1-5-14-11(13)10(3)7-12-6-9(2)8-15-4/h9,12H,3,5-8H2,1-2,4H3. The highest BCUT2D eigenvalue weighted by Gasteiger charge is 2.07. The van der Waals surface area contributed by atoms with Crippen LogP contribution in [0.2, 0.25) is 0 Å². The number of nitrogens with one attached hydrogen (secondary N) is 1. The number of hydrogen-bond acceptors (Lipinski definition) is 4. The third-order valence-electron chi connectivity index (χ3n) is 1.85. The molecule has 88 valence electrons. The Balaban J connectivity index is 3.58. The molecule has 0 saturated carbocycles. The first-order valence-corrected chi connectivity index (χ1v) is 6.55. The molecule has 0 aromatic heterocycles. The minimum Gasteiger partial charge on any atom is -0.463 e. The Kier molecular flexibility index (Phi) is 8.52. The van der Waals surface area contributed by atoms with E-state index in [1.54, 1.807) is 6.92 Å². The molecule has 0 aromatic rings. The zero-order chi connectivity index (χ0) is 11.7. The zero-order valence-electron chi connectivity index (χ0n) is 9.84. The van der Waals surface area contributed by atoms with E-state index in [0.717, 1.165) is 12.3 Å². The summed E-state index contributed by atoms with van der Waals surface area (Å²) < 4.78 is 4.83. The van der Waals surface area contributed by atoms with Gasteiger partial charge in [0.05, 0.1) is 6.61 Å². The molecule has 0 spiro atoms. The fraction of sp³-hybridized carbons (Fsp3) is 0.727. The van der Waals surface area contributed by atoms with Crippen LogP contribution in [0.3, 0.4) is 0 Å². The fourth-order valence-corrected chi connectivity index (χ4v) is 1.81. The van der Waals surface area contributed by atoms with Gasteiger partial charge in [-0.05, 0) is 31.4 Å². The van der Waals surface area contributed by atoms with Gasteiger partial charge in [-0.15, -0.1) is 0 Å². The van der Waals surface area contributed by atoms with Crippen molar-refractivity contribution >= 4 is 17.7 Å². The third kappa shape index (κ3) is 7.45. The van der Waals surface area contributed by atoms with E-state index in [1.165, 1.54) is 0 Å². The van der Waals surface area contributed by atoms with Crippen LogP contribution >= 0.6 is 11.8 Å². The van der Waals surface area contributed by atoms with E-state index < -0.39 is 0 Å². The van der Waals surface area contributed by atoms with Gasteiger partial charge in [0.25, 0.3) is 0 Å². The number of ether oxygens (including phenoxy) is 1. The summed E-state index contributed by atoms with van der Waals surface area (Å²) in [4.78, 5) is 11.2. The van der Waals surface area contributed by atoms with Gasteiger partial charge in [0.2, 0.25) is 0 Å². The van der Waals surface area contributed by atoms with Crippen LogP contribution in [0.25, 0.3) is 0 Å². The van der Waals surface area contributed by atoms with Gasteiger partial charge < -0.3 is 10.1 Å². The summed E-state index contributed by atoms with van der Waals surface area (Å²) in [5, 5.41) is 3.20. The smallest absolute Gasteiger partial charge is 0.334 e. The molecule has 0 fully saturated rings. The van der Waals surface area contributed by atoms with Crippen LogP contribution < -0.4 is 5.32 Å². The second kappa shape index (κ2) is 8.80. The average molecular weight is 231 g/mol. The van der Waals surface area contributed by atoms with E-state index in [0.29, 0.717) is 24.6 Å². The van der Waals surface area contributed by atoms with E-state index in [1.807, 2.05) is 11.8 Å². The predicted molar refractivity (Wildman–Crippen MR) is 66.2 cm³/mol. The lowest BCUT2D eigenvalue weighted by atomic mass is 10.2. The van der Waals surface area contributed by atoms with E-state index in [-0.39, 0.29) is 5.97 Å². The minimum absolute atomic E-state index is 0.303. The van der Waals surface area contributed by atoms with Crippen LogP contribution in [0.5, 0.6) is 0 Å². The van der Waals surface area contributed by atoms with Crippen molar-refractivity contribution in [2.24, 2.45) is 5.92 Å². The molecule has 0 radical (unpaired) electrons. The summed E-state index contributed by atoms with van der Waals surface area (Å²) in [6, 6.07) is 0. The lowest BCUT2D eigenvalue weighted by molar-refractivity contribution is -0.138. The lowest BCUT2D eigenvalue weighted by Crippen LogP contribution is -2.27. The topological polar surface area (TPSA) is 38.3 Å². The van der Waals surface area contributed by atoms with Gasteiger partial charge in [0.15, 0.2) is 0 Å². The maximum atomic E-state index is 11.2. The Morgan fingerprint density at radius 3 is 2.80 bits per heavy atom. The summed E-state index contributed by atoms with van der Waals surface area (Å²) in [7, 11) is 0. The number of hydrogen-bond donors (Lipinski definition) is 1. The average Bonchev–Trinajstić information content (AvgIpc) is 2.18. The first-order valence-electron chi connectivity index (χ1n) is 5.16. The second-order valence-electron chi connectivity index (χ2n) is 3.52. The van der Waals surface area contributed by atoms with Crippen LogP contribution in [-0.4, -0.2) is 37.7 Å². The van der Waals surface area contributed by atoms with Crippen molar-refractivity contribution in [1.82, 2.24) is 5.32 Å². The fourth-order valence-electron chi connectivity index (χ4n) is 1.12. The Labute approximate surface area is 96.6 Å². The summed E-state index contributed by atoms with van der Waals surface area (Å²) in [5.41, 5.74) is 0.494. The Morgan fingerprint density at radius 1 is 1.60 bits per heavy atom. The third-order valence-corrected chi connectivity index (χ3v) is 2.75. The van der Waals surface area contributed by atoms with Crippen molar-refractivity contribution in [1.29, 1.82) is 0 Å². The lowest BCUT2D eigenvalue weighted by Gasteiger charge is -2.11. The first kappa shape index (κ1) is 14.5. The van der Waals surface area contributed by atoms with Crippen LogP contribution in [0.15, 0.2) is 12.2 Å². The summed E-state index contributed by atoms with van der Waals surface area (Å²) in [5.74, 6) is 1.43. The van der Waals surface area contributed by atoms with Crippen molar-refractivity contribution < 1.29 is 9.53 Å². The molecule has 0 saturated heterocycles. The molecule has 0 aliphatic carbocycles.